The monoisotopic (exact) mass is 514 g/mol. The Balaban J connectivity index is 0.00000420. The van der Waals surface area contributed by atoms with Gasteiger partial charge in [-0.2, -0.15) is 5.10 Å². The standard InChI is InChI=1S/C20H30N6O2.HI/c1-20(2,3)28-19(27)26(5)14-16-8-6-15(7-9-16)12-22-18(21-4)23-13-17-10-11-24-25-17;/h6-11H,12-14H2,1-5H3,(H,24,25)(H2,21,22,23);1H. The molecule has 160 valence electrons. The van der Waals surface area contributed by atoms with Crippen LogP contribution in [0.5, 0.6) is 0 Å². The highest BCUT2D eigenvalue weighted by molar-refractivity contribution is 14.0. The maximum Gasteiger partial charge on any atom is 0.410 e. The molecule has 0 aliphatic carbocycles. The van der Waals surface area contributed by atoms with Crippen LogP contribution in [0, 0.1) is 0 Å². The summed E-state index contributed by atoms with van der Waals surface area (Å²) in [5.41, 5.74) is 2.65. The molecule has 0 aliphatic rings. The Morgan fingerprint density at radius 2 is 1.76 bits per heavy atom. The lowest BCUT2D eigenvalue weighted by Crippen LogP contribution is -2.36. The van der Waals surface area contributed by atoms with Crippen molar-refractivity contribution in [2.45, 2.75) is 46.0 Å². The third-order valence-electron chi connectivity index (χ3n) is 3.84. The van der Waals surface area contributed by atoms with Crippen LogP contribution in [0.3, 0.4) is 0 Å². The number of aromatic nitrogens is 2. The van der Waals surface area contributed by atoms with E-state index in [9.17, 15) is 4.79 Å². The molecule has 1 heterocycles. The van der Waals surface area contributed by atoms with Crippen LogP contribution < -0.4 is 10.6 Å². The SMILES string of the molecule is CN=C(NCc1ccc(CN(C)C(=O)OC(C)(C)C)cc1)NCc1ccn[nH]1.I. The van der Waals surface area contributed by atoms with E-state index in [0.29, 0.717) is 25.6 Å². The van der Waals surface area contributed by atoms with Crippen LogP contribution in [0.4, 0.5) is 4.79 Å². The Kier molecular flexibility index (Phi) is 9.93. The molecule has 0 aliphatic heterocycles. The molecule has 0 atom stereocenters. The van der Waals surface area contributed by atoms with Crippen molar-refractivity contribution >= 4 is 36.0 Å². The van der Waals surface area contributed by atoms with E-state index < -0.39 is 5.60 Å². The zero-order chi connectivity index (χ0) is 20.6. The lowest BCUT2D eigenvalue weighted by Gasteiger charge is -2.24. The summed E-state index contributed by atoms with van der Waals surface area (Å²) in [5, 5.41) is 13.3. The maximum atomic E-state index is 12.1. The number of aliphatic imine (C=N–C) groups is 1. The molecule has 3 N–H and O–H groups in total. The van der Waals surface area contributed by atoms with Gasteiger partial charge in [-0.15, -0.1) is 24.0 Å². The van der Waals surface area contributed by atoms with E-state index in [1.807, 2.05) is 51.1 Å². The van der Waals surface area contributed by atoms with E-state index >= 15 is 0 Å². The number of carbonyl (C=O) groups is 1. The Hall–Kier alpha value is -2.30. The maximum absolute atomic E-state index is 12.1. The Bertz CT molecular complexity index is 769. The van der Waals surface area contributed by atoms with Gasteiger partial charge in [-0.3, -0.25) is 10.1 Å². The van der Waals surface area contributed by atoms with E-state index in [4.69, 9.17) is 4.74 Å². The highest BCUT2D eigenvalue weighted by Gasteiger charge is 2.19. The number of benzene rings is 1. The van der Waals surface area contributed by atoms with E-state index in [2.05, 4.69) is 25.8 Å². The number of ether oxygens (including phenoxy) is 1. The van der Waals surface area contributed by atoms with Gasteiger partial charge in [0.2, 0.25) is 0 Å². The lowest BCUT2D eigenvalue weighted by molar-refractivity contribution is 0.0285. The van der Waals surface area contributed by atoms with Gasteiger partial charge < -0.3 is 20.3 Å². The van der Waals surface area contributed by atoms with E-state index in [1.54, 1.807) is 25.2 Å². The summed E-state index contributed by atoms with van der Waals surface area (Å²) >= 11 is 0. The number of aromatic amines is 1. The van der Waals surface area contributed by atoms with Crippen molar-refractivity contribution in [2.75, 3.05) is 14.1 Å². The van der Waals surface area contributed by atoms with Crippen LogP contribution in [0.2, 0.25) is 0 Å². The smallest absolute Gasteiger partial charge is 0.410 e. The van der Waals surface area contributed by atoms with Gasteiger partial charge >= 0.3 is 6.09 Å². The normalized spacial score (nSPS) is 11.4. The molecule has 0 saturated heterocycles. The molecule has 1 amide bonds. The second-order valence-corrected chi connectivity index (χ2v) is 7.51. The number of rotatable bonds is 6. The van der Waals surface area contributed by atoms with Crippen molar-refractivity contribution in [3.8, 4) is 0 Å². The molecule has 0 bridgehead atoms. The van der Waals surface area contributed by atoms with Crippen LogP contribution >= 0.6 is 24.0 Å². The fraction of sp³-hybridized carbons (Fsp3) is 0.450. The Morgan fingerprint density at radius 3 is 2.31 bits per heavy atom. The minimum absolute atomic E-state index is 0. The Labute approximate surface area is 189 Å². The fourth-order valence-electron chi connectivity index (χ4n) is 2.41. The van der Waals surface area contributed by atoms with Crippen molar-refractivity contribution in [3.05, 3.63) is 53.3 Å². The molecule has 0 fully saturated rings. The minimum Gasteiger partial charge on any atom is -0.444 e. The largest absolute Gasteiger partial charge is 0.444 e. The Morgan fingerprint density at radius 1 is 1.14 bits per heavy atom. The van der Waals surface area contributed by atoms with Crippen molar-refractivity contribution < 1.29 is 9.53 Å². The first-order chi connectivity index (χ1) is 13.3. The molecule has 0 radical (unpaired) electrons. The number of carbonyl (C=O) groups excluding carboxylic acids is 1. The first-order valence-corrected chi connectivity index (χ1v) is 9.21. The summed E-state index contributed by atoms with van der Waals surface area (Å²) in [6, 6.07) is 10.0. The molecule has 1 aromatic heterocycles. The molecule has 2 rings (SSSR count). The van der Waals surface area contributed by atoms with Gasteiger partial charge in [-0.05, 0) is 38.0 Å². The van der Waals surface area contributed by atoms with Gasteiger partial charge in [-0.1, -0.05) is 24.3 Å². The molecular weight excluding hydrogens is 483 g/mol. The van der Waals surface area contributed by atoms with Gasteiger partial charge in [0.1, 0.15) is 5.60 Å². The van der Waals surface area contributed by atoms with Gasteiger partial charge in [0.25, 0.3) is 0 Å². The van der Waals surface area contributed by atoms with E-state index in [1.165, 1.54) is 0 Å². The molecule has 29 heavy (non-hydrogen) atoms. The zero-order valence-electron chi connectivity index (χ0n) is 17.7. The van der Waals surface area contributed by atoms with Gasteiger partial charge in [-0.25, -0.2) is 4.79 Å². The van der Waals surface area contributed by atoms with Crippen molar-refractivity contribution in [2.24, 2.45) is 4.99 Å². The number of nitrogens with zero attached hydrogens (tertiary/aromatic N) is 3. The van der Waals surface area contributed by atoms with Gasteiger partial charge in [0.05, 0.1) is 12.2 Å². The predicted molar refractivity (Wildman–Crippen MR) is 125 cm³/mol. The molecule has 0 saturated carbocycles. The van der Waals surface area contributed by atoms with Gasteiger partial charge in [0, 0.05) is 33.4 Å². The summed E-state index contributed by atoms with van der Waals surface area (Å²) in [5.74, 6) is 0.711. The number of hydrogen-bond acceptors (Lipinski definition) is 4. The average Bonchev–Trinajstić information content (AvgIpc) is 3.15. The molecule has 0 unspecified atom stereocenters. The van der Waals surface area contributed by atoms with Crippen LogP contribution in [0.25, 0.3) is 0 Å². The van der Waals surface area contributed by atoms with Crippen molar-refractivity contribution in [3.63, 3.8) is 0 Å². The summed E-state index contributed by atoms with van der Waals surface area (Å²) in [6.45, 7) is 7.34. The molecule has 9 heteroatoms. The van der Waals surface area contributed by atoms with Gasteiger partial charge in [0.15, 0.2) is 5.96 Å². The average molecular weight is 514 g/mol. The number of nitrogens with one attached hydrogen (secondary N) is 3. The lowest BCUT2D eigenvalue weighted by atomic mass is 10.1. The summed E-state index contributed by atoms with van der Waals surface area (Å²) in [4.78, 5) is 17.8. The first kappa shape index (κ1) is 24.7. The highest BCUT2D eigenvalue weighted by Crippen LogP contribution is 2.12. The van der Waals surface area contributed by atoms with E-state index in [-0.39, 0.29) is 30.1 Å². The van der Waals surface area contributed by atoms with Crippen LogP contribution in [-0.2, 0) is 24.4 Å². The predicted octanol–water partition coefficient (Wildman–Crippen LogP) is 3.26. The molecule has 1 aromatic carbocycles. The van der Waals surface area contributed by atoms with E-state index in [0.717, 1.165) is 16.8 Å². The van der Waals surface area contributed by atoms with Crippen LogP contribution in [0.1, 0.15) is 37.6 Å². The quantitative estimate of drug-likeness (QED) is 0.313. The molecular formula is C20H31IN6O2. The first-order valence-electron chi connectivity index (χ1n) is 9.21. The molecule has 0 spiro atoms. The third kappa shape index (κ3) is 9.16. The summed E-state index contributed by atoms with van der Waals surface area (Å²) < 4.78 is 5.37. The molecule has 8 nitrogen and oxygen atoms in total. The number of amides is 1. The molecule has 2 aromatic rings. The van der Waals surface area contributed by atoms with Crippen molar-refractivity contribution in [1.82, 2.24) is 25.7 Å². The fourth-order valence-corrected chi connectivity index (χ4v) is 2.41. The second-order valence-electron chi connectivity index (χ2n) is 7.51. The number of guanidine groups is 1. The van der Waals surface area contributed by atoms with Crippen LogP contribution in [-0.4, -0.2) is 46.8 Å². The topological polar surface area (TPSA) is 94.6 Å². The summed E-state index contributed by atoms with van der Waals surface area (Å²) in [6.07, 6.45) is 1.39. The van der Waals surface area contributed by atoms with Crippen LogP contribution in [0.15, 0.2) is 41.5 Å². The number of halogens is 1. The minimum atomic E-state index is -0.495. The van der Waals surface area contributed by atoms with Crippen molar-refractivity contribution in [1.29, 1.82) is 0 Å². The number of H-pyrrole nitrogens is 1. The summed E-state index contributed by atoms with van der Waals surface area (Å²) in [7, 11) is 3.47. The number of hydrogen-bond donors (Lipinski definition) is 3. The zero-order valence-corrected chi connectivity index (χ0v) is 20.0. The second kappa shape index (κ2) is 11.6. The highest BCUT2D eigenvalue weighted by atomic mass is 127. The third-order valence-corrected chi connectivity index (χ3v) is 3.84.